The van der Waals surface area contributed by atoms with Crippen molar-refractivity contribution < 1.29 is 18.9 Å². The number of hydrogen-bond donors (Lipinski definition) is 2. The summed E-state index contributed by atoms with van der Waals surface area (Å²) in [7, 11) is 1.67. The molecule has 0 saturated carbocycles. The van der Waals surface area contributed by atoms with Crippen LogP contribution < -0.4 is 30.2 Å². The van der Waals surface area contributed by atoms with Gasteiger partial charge in [0.1, 0.15) is 23.6 Å². The minimum absolute atomic E-state index is 0.178. The first-order chi connectivity index (χ1) is 15.3. The number of benzene rings is 2. The van der Waals surface area contributed by atoms with Gasteiger partial charge in [-0.25, -0.2) is 4.99 Å². The monoisotopic (exact) mass is 488 g/mol. The predicted octanol–water partition coefficient (Wildman–Crippen LogP) is 3.48. The maximum atomic E-state index is 5.89. The van der Waals surface area contributed by atoms with E-state index in [0.717, 1.165) is 82.4 Å². The number of ether oxygens (including phenoxy) is 4. The molecule has 2 bridgehead atoms. The molecule has 5 rings (SSSR count). The second-order valence-corrected chi connectivity index (χ2v) is 8.37. The Morgan fingerprint density at radius 1 is 1.06 bits per heavy atom. The van der Waals surface area contributed by atoms with Crippen molar-refractivity contribution in [2.75, 3.05) is 45.6 Å². The molecular weight excluding hydrogens is 464 g/mol. The van der Waals surface area contributed by atoms with Gasteiger partial charge in [-0.2, -0.15) is 0 Å². The highest BCUT2D eigenvalue weighted by Gasteiger charge is 2.27. The van der Waals surface area contributed by atoms with Gasteiger partial charge in [-0.05, 0) is 47.3 Å². The summed E-state index contributed by atoms with van der Waals surface area (Å²) >= 11 is 3.65. The van der Waals surface area contributed by atoms with Crippen LogP contribution in [-0.2, 0) is 4.74 Å². The van der Waals surface area contributed by atoms with Crippen molar-refractivity contribution in [1.82, 2.24) is 5.32 Å². The number of methoxy groups -OCH3 is 1. The van der Waals surface area contributed by atoms with Gasteiger partial charge < -0.3 is 29.6 Å². The molecule has 0 unspecified atom stereocenters. The molecule has 2 aromatic carbocycles. The summed E-state index contributed by atoms with van der Waals surface area (Å²) in [5.74, 6) is 2.90. The number of halogens is 1. The summed E-state index contributed by atoms with van der Waals surface area (Å²) in [6.45, 7) is 2.76. The van der Waals surface area contributed by atoms with E-state index in [4.69, 9.17) is 23.9 Å². The Morgan fingerprint density at radius 3 is 2.87 bits per heavy atom. The van der Waals surface area contributed by atoms with E-state index < -0.39 is 0 Å². The van der Waals surface area contributed by atoms with Gasteiger partial charge in [0.25, 0.3) is 0 Å². The highest BCUT2D eigenvalue weighted by Crippen LogP contribution is 2.46. The Hall–Kier alpha value is -2.52. The summed E-state index contributed by atoms with van der Waals surface area (Å²) in [5.41, 5.74) is 1.83. The minimum Gasteiger partial charge on any atom is -0.494 e. The minimum atomic E-state index is 0.178. The van der Waals surface area contributed by atoms with Crippen LogP contribution in [0.2, 0.25) is 0 Å². The fourth-order valence-corrected chi connectivity index (χ4v) is 4.60. The zero-order chi connectivity index (χ0) is 21.2. The summed E-state index contributed by atoms with van der Waals surface area (Å²) in [6.07, 6.45) is 3.82. The zero-order valence-electron chi connectivity index (χ0n) is 17.4. The molecule has 0 radical (unpaired) electrons. The normalized spacial score (nSPS) is 19.4. The first-order valence-corrected chi connectivity index (χ1v) is 11.3. The summed E-state index contributed by atoms with van der Waals surface area (Å²) in [6, 6.07) is 4.05. The van der Waals surface area contributed by atoms with Crippen LogP contribution in [0.1, 0.15) is 25.7 Å². The van der Waals surface area contributed by atoms with Crippen LogP contribution in [0.15, 0.2) is 32.3 Å². The first-order valence-electron chi connectivity index (χ1n) is 10.6. The molecule has 0 fully saturated rings. The lowest BCUT2D eigenvalue weighted by atomic mass is 10.0. The van der Waals surface area contributed by atoms with Crippen LogP contribution in [0.3, 0.4) is 0 Å². The van der Waals surface area contributed by atoms with Crippen LogP contribution in [-0.4, -0.2) is 46.2 Å². The van der Waals surface area contributed by atoms with E-state index in [1.807, 2.05) is 6.07 Å². The van der Waals surface area contributed by atoms with E-state index in [2.05, 4.69) is 37.6 Å². The Morgan fingerprint density at radius 2 is 1.97 bits per heavy atom. The molecule has 31 heavy (non-hydrogen) atoms. The van der Waals surface area contributed by atoms with Crippen molar-refractivity contribution in [2.45, 2.75) is 25.7 Å². The molecule has 164 valence electrons. The fourth-order valence-electron chi connectivity index (χ4n) is 4.09. The van der Waals surface area contributed by atoms with E-state index in [9.17, 15) is 0 Å². The van der Waals surface area contributed by atoms with Crippen LogP contribution in [0.4, 0.5) is 5.69 Å². The molecule has 3 aliphatic heterocycles. The number of hydrogen-bond acceptors (Lipinski definition) is 8. The lowest BCUT2D eigenvalue weighted by Gasteiger charge is -2.22. The first kappa shape index (κ1) is 20.4. The highest BCUT2D eigenvalue weighted by atomic mass is 79.9. The molecule has 2 aromatic rings. The van der Waals surface area contributed by atoms with E-state index in [1.54, 1.807) is 7.11 Å². The quantitative estimate of drug-likeness (QED) is 0.597. The third kappa shape index (κ3) is 3.92. The van der Waals surface area contributed by atoms with E-state index in [-0.39, 0.29) is 6.79 Å². The number of amidine groups is 1. The smallest absolute Gasteiger partial charge is 0.231 e. The second kappa shape index (κ2) is 8.92. The molecule has 0 atom stereocenters. The molecular formula is C22H25BrN4O4. The van der Waals surface area contributed by atoms with Crippen LogP contribution in [0.5, 0.6) is 17.2 Å². The molecule has 3 aliphatic rings. The molecule has 2 N–H and O–H groups in total. The van der Waals surface area contributed by atoms with Crippen molar-refractivity contribution >= 4 is 38.2 Å². The van der Waals surface area contributed by atoms with Gasteiger partial charge in [0.2, 0.25) is 6.79 Å². The number of fused-ring (bicyclic) bond motifs is 5. The molecule has 0 aromatic heterocycles. The Labute approximate surface area is 188 Å². The van der Waals surface area contributed by atoms with Crippen LogP contribution in [0, 0.1) is 0 Å². The van der Waals surface area contributed by atoms with E-state index in [0.29, 0.717) is 24.8 Å². The Kier molecular flexibility index (Phi) is 5.87. The third-order valence-electron chi connectivity index (χ3n) is 5.64. The van der Waals surface area contributed by atoms with Crippen molar-refractivity contribution in [3.63, 3.8) is 0 Å². The van der Waals surface area contributed by atoms with Crippen LogP contribution in [0.25, 0.3) is 10.8 Å². The standard InChI is InChI=1S/C22H25BrN4O4/c1-28-16-10-13-9-15-17(16)24-6-3-2-4-7-29-8-5-14-21(23)25-11-26-22(14)27-18(15)20-19(13)30-12-31-20/h9-10,25H,2-8,11-12H2,1H3,(H,26,27). The average molecular weight is 489 g/mol. The second-order valence-electron chi connectivity index (χ2n) is 7.58. The van der Waals surface area contributed by atoms with E-state index >= 15 is 0 Å². The van der Waals surface area contributed by atoms with Crippen LogP contribution >= 0.6 is 15.9 Å². The van der Waals surface area contributed by atoms with Gasteiger partial charge >= 0.3 is 0 Å². The predicted molar refractivity (Wildman–Crippen MR) is 123 cm³/mol. The van der Waals surface area contributed by atoms with Crippen molar-refractivity contribution in [2.24, 2.45) is 9.98 Å². The fraction of sp³-hybridized carbons (Fsp3) is 0.455. The van der Waals surface area contributed by atoms with Gasteiger partial charge in [-0.1, -0.05) is 0 Å². The largest absolute Gasteiger partial charge is 0.494 e. The molecule has 3 heterocycles. The van der Waals surface area contributed by atoms with Crippen molar-refractivity contribution in [3.8, 4) is 17.2 Å². The molecule has 8 nitrogen and oxygen atoms in total. The molecule has 0 amide bonds. The third-order valence-corrected chi connectivity index (χ3v) is 6.40. The van der Waals surface area contributed by atoms with Gasteiger partial charge in [0.15, 0.2) is 11.5 Å². The number of nitrogens with zero attached hydrogens (tertiary/aromatic N) is 2. The lowest BCUT2D eigenvalue weighted by Crippen LogP contribution is -2.28. The summed E-state index contributed by atoms with van der Waals surface area (Å²) in [4.78, 5) is 9.60. The number of aliphatic imine (C=N–C) groups is 1. The van der Waals surface area contributed by atoms with Gasteiger partial charge in [-0.15, -0.1) is 0 Å². The Bertz CT molecular complexity index is 1110. The molecule has 9 heteroatoms. The number of nitrogens with one attached hydrogen (secondary N) is 2. The maximum Gasteiger partial charge on any atom is 0.231 e. The van der Waals surface area contributed by atoms with E-state index in [1.165, 1.54) is 0 Å². The van der Waals surface area contributed by atoms with Crippen molar-refractivity contribution in [3.05, 3.63) is 27.7 Å². The Balaban J connectivity index is 1.69. The average Bonchev–Trinajstić information content (AvgIpc) is 3.26. The van der Waals surface area contributed by atoms with Crippen molar-refractivity contribution in [1.29, 1.82) is 0 Å². The highest BCUT2D eigenvalue weighted by molar-refractivity contribution is 9.11. The SMILES string of the molecule is COc1cc2cc3c(c4c2OCO4)NC2=NCNC(Br)=C2CCOCCCCCN=c13. The number of anilines is 1. The maximum absolute atomic E-state index is 5.89. The molecule has 0 aliphatic carbocycles. The number of rotatable bonds is 1. The zero-order valence-corrected chi connectivity index (χ0v) is 19.0. The summed E-state index contributed by atoms with van der Waals surface area (Å²) < 4.78 is 24.2. The van der Waals surface area contributed by atoms with Gasteiger partial charge in [0.05, 0.1) is 24.0 Å². The topological polar surface area (TPSA) is 85.7 Å². The van der Waals surface area contributed by atoms with Gasteiger partial charge in [-0.3, -0.25) is 4.99 Å². The lowest BCUT2D eigenvalue weighted by molar-refractivity contribution is 0.133. The molecule has 0 spiro atoms. The molecule has 0 saturated heterocycles. The summed E-state index contributed by atoms with van der Waals surface area (Å²) in [5, 5.41) is 9.47. The van der Waals surface area contributed by atoms with Gasteiger partial charge in [0, 0.05) is 35.9 Å².